The largest absolute Gasteiger partial charge is 0.380 e. The molecule has 1 N–H and O–H groups in total. The number of nitrogens with zero attached hydrogens (tertiary/aromatic N) is 2. The van der Waals surface area contributed by atoms with E-state index in [9.17, 15) is 0 Å². The van der Waals surface area contributed by atoms with Crippen LogP contribution in [0.25, 0.3) is 0 Å². The minimum Gasteiger partial charge on any atom is -0.380 e. The molecule has 0 amide bonds. The monoisotopic (exact) mass is 253 g/mol. The molecule has 2 heterocycles. The molecule has 2 aliphatic heterocycles. The van der Waals surface area contributed by atoms with Gasteiger partial charge in [0.25, 0.3) is 0 Å². The Hall–Kier alpha value is -0.160. The fraction of sp³-hybridized carbons (Fsp3) is 1.00. The Bertz CT molecular complexity index is 262. The molecule has 4 nitrogen and oxygen atoms in total. The maximum absolute atomic E-state index is 5.70. The first-order chi connectivity index (χ1) is 8.88. The normalized spacial score (nSPS) is 36.5. The Morgan fingerprint density at radius 1 is 0.944 bits per heavy atom. The van der Waals surface area contributed by atoms with Crippen molar-refractivity contribution in [3.63, 3.8) is 0 Å². The molecule has 3 rings (SSSR count). The second-order valence-corrected chi connectivity index (χ2v) is 6.01. The van der Waals surface area contributed by atoms with Gasteiger partial charge >= 0.3 is 0 Å². The van der Waals surface area contributed by atoms with Crippen LogP contribution in [0.3, 0.4) is 0 Å². The van der Waals surface area contributed by atoms with Crippen LogP contribution in [0.15, 0.2) is 0 Å². The van der Waals surface area contributed by atoms with Gasteiger partial charge in [-0.25, -0.2) is 0 Å². The molecule has 1 aliphatic carbocycles. The third-order valence-electron chi connectivity index (χ3n) is 5.06. The van der Waals surface area contributed by atoms with Crippen molar-refractivity contribution in [2.45, 2.75) is 43.9 Å². The van der Waals surface area contributed by atoms with E-state index in [4.69, 9.17) is 4.74 Å². The van der Waals surface area contributed by atoms with Gasteiger partial charge in [0.2, 0.25) is 0 Å². The van der Waals surface area contributed by atoms with Gasteiger partial charge in [0.1, 0.15) is 0 Å². The molecule has 0 aromatic rings. The van der Waals surface area contributed by atoms with E-state index in [0.717, 1.165) is 6.04 Å². The van der Waals surface area contributed by atoms with E-state index < -0.39 is 0 Å². The average molecular weight is 253 g/mol. The van der Waals surface area contributed by atoms with Gasteiger partial charge in [-0.05, 0) is 12.8 Å². The van der Waals surface area contributed by atoms with Gasteiger partial charge in [-0.1, -0.05) is 12.8 Å². The third kappa shape index (κ3) is 2.57. The molecule has 1 saturated carbocycles. The van der Waals surface area contributed by atoms with Crippen LogP contribution in [0.2, 0.25) is 0 Å². The molecular formula is C14H27N3O. The van der Waals surface area contributed by atoms with Crippen LogP contribution < -0.4 is 5.32 Å². The minimum absolute atomic E-state index is 0.482. The van der Waals surface area contributed by atoms with Crippen LogP contribution in [0.5, 0.6) is 0 Å². The molecule has 3 aliphatic rings. The van der Waals surface area contributed by atoms with Crippen LogP contribution in [-0.4, -0.2) is 74.4 Å². The predicted molar refractivity (Wildman–Crippen MR) is 72.9 cm³/mol. The number of nitrogens with one attached hydrogen (secondary N) is 1. The van der Waals surface area contributed by atoms with Gasteiger partial charge in [0, 0.05) is 58.5 Å². The Morgan fingerprint density at radius 3 is 2.22 bits per heavy atom. The summed E-state index contributed by atoms with van der Waals surface area (Å²) in [6, 6.07) is 1.50. The second kappa shape index (κ2) is 5.87. The SMILES string of the molecule is COC1CCCCC1N1CCN(C2CNC2)CC1. The van der Waals surface area contributed by atoms with Crippen molar-refractivity contribution >= 4 is 0 Å². The molecule has 18 heavy (non-hydrogen) atoms. The lowest BCUT2D eigenvalue weighted by atomic mass is 9.90. The number of hydrogen-bond acceptors (Lipinski definition) is 4. The summed E-state index contributed by atoms with van der Waals surface area (Å²) >= 11 is 0. The molecule has 104 valence electrons. The quantitative estimate of drug-likeness (QED) is 0.794. The number of piperazine rings is 1. The van der Waals surface area contributed by atoms with Crippen molar-refractivity contribution in [1.82, 2.24) is 15.1 Å². The van der Waals surface area contributed by atoms with E-state index in [2.05, 4.69) is 15.1 Å². The first kappa shape index (κ1) is 12.9. The Labute approximate surface area is 111 Å². The van der Waals surface area contributed by atoms with Gasteiger partial charge in [0.15, 0.2) is 0 Å². The summed E-state index contributed by atoms with van der Waals surface area (Å²) in [5, 5.41) is 3.37. The lowest BCUT2D eigenvalue weighted by Crippen LogP contribution is -2.63. The van der Waals surface area contributed by atoms with Crippen molar-refractivity contribution in [2.75, 3.05) is 46.4 Å². The average Bonchev–Trinajstić information content (AvgIpc) is 2.38. The molecule has 0 radical (unpaired) electrons. The first-order valence-electron chi connectivity index (χ1n) is 7.60. The lowest BCUT2D eigenvalue weighted by Gasteiger charge is -2.47. The summed E-state index contributed by atoms with van der Waals surface area (Å²) in [7, 11) is 1.89. The highest BCUT2D eigenvalue weighted by Crippen LogP contribution is 2.26. The van der Waals surface area contributed by atoms with Crippen LogP contribution in [0.1, 0.15) is 25.7 Å². The highest BCUT2D eigenvalue weighted by Gasteiger charge is 2.34. The van der Waals surface area contributed by atoms with E-state index in [0.29, 0.717) is 12.1 Å². The van der Waals surface area contributed by atoms with Crippen molar-refractivity contribution in [3.05, 3.63) is 0 Å². The predicted octanol–water partition coefficient (Wildman–Crippen LogP) is 0.533. The standard InChI is InChI=1S/C14H27N3O/c1-18-14-5-3-2-4-13(14)17-8-6-16(7-9-17)12-10-15-11-12/h12-15H,2-11H2,1H3. The zero-order valence-electron chi connectivity index (χ0n) is 11.6. The summed E-state index contributed by atoms with van der Waals surface area (Å²) in [6.07, 6.45) is 5.81. The summed E-state index contributed by atoms with van der Waals surface area (Å²) < 4.78 is 5.70. The molecule has 0 spiro atoms. The maximum Gasteiger partial charge on any atom is 0.0726 e. The molecule has 0 aromatic heterocycles. The Balaban J connectivity index is 1.51. The number of ether oxygens (including phenoxy) is 1. The highest BCUT2D eigenvalue weighted by molar-refractivity contribution is 4.91. The second-order valence-electron chi connectivity index (χ2n) is 6.01. The summed E-state index contributed by atoms with van der Waals surface area (Å²) in [5.74, 6) is 0. The van der Waals surface area contributed by atoms with Crippen LogP contribution >= 0.6 is 0 Å². The first-order valence-corrected chi connectivity index (χ1v) is 7.60. The van der Waals surface area contributed by atoms with E-state index in [1.54, 1.807) is 0 Å². The van der Waals surface area contributed by atoms with Gasteiger partial charge < -0.3 is 10.1 Å². The number of hydrogen-bond donors (Lipinski definition) is 1. The molecule has 2 atom stereocenters. The molecular weight excluding hydrogens is 226 g/mol. The molecule has 0 bridgehead atoms. The van der Waals surface area contributed by atoms with Crippen LogP contribution in [-0.2, 0) is 4.74 Å². The summed E-state index contributed by atoms with van der Waals surface area (Å²) in [5.41, 5.74) is 0. The fourth-order valence-electron chi connectivity index (χ4n) is 3.74. The van der Waals surface area contributed by atoms with Crippen molar-refractivity contribution < 1.29 is 4.74 Å². The fourth-order valence-corrected chi connectivity index (χ4v) is 3.74. The van der Waals surface area contributed by atoms with Crippen LogP contribution in [0.4, 0.5) is 0 Å². The van der Waals surface area contributed by atoms with Crippen molar-refractivity contribution in [3.8, 4) is 0 Å². The maximum atomic E-state index is 5.70. The zero-order chi connectivity index (χ0) is 12.4. The van der Waals surface area contributed by atoms with Gasteiger partial charge in [-0.15, -0.1) is 0 Å². The van der Waals surface area contributed by atoms with E-state index in [1.807, 2.05) is 7.11 Å². The van der Waals surface area contributed by atoms with E-state index in [-0.39, 0.29) is 0 Å². The van der Waals surface area contributed by atoms with E-state index >= 15 is 0 Å². The zero-order valence-corrected chi connectivity index (χ0v) is 11.6. The molecule has 2 unspecified atom stereocenters. The minimum atomic E-state index is 0.482. The van der Waals surface area contributed by atoms with Gasteiger partial charge in [-0.2, -0.15) is 0 Å². The van der Waals surface area contributed by atoms with Crippen molar-refractivity contribution in [2.24, 2.45) is 0 Å². The topological polar surface area (TPSA) is 27.7 Å². The molecule has 0 aromatic carbocycles. The summed E-state index contributed by atoms with van der Waals surface area (Å²) in [4.78, 5) is 5.35. The van der Waals surface area contributed by atoms with Crippen LogP contribution in [0, 0.1) is 0 Å². The number of rotatable bonds is 3. The Kier molecular flexibility index (Phi) is 4.19. The molecule has 3 fully saturated rings. The van der Waals surface area contributed by atoms with Gasteiger partial charge in [0.05, 0.1) is 6.10 Å². The van der Waals surface area contributed by atoms with E-state index in [1.165, 1.54) is 65.0 Å². The Morgan fingerprint density at radius 2 is 1.61 bits per heavy atom. The lowest BCUT2D eigenvalue weighted by molar-refractivity contribution is -0.0345. The molecule has 4 heteroatoms. The number of methoxy groups -OCH3 is 1. The third-order valence-corrected chi connectivity index (χ3v) is 5.06. The smallest absolute Gasteiger partial charge is 0.0726 e. The van der Waals surface area contributed by atoms with Gasteiger partial charge in [-0.3, -0.25) is 9.80 Å². The highest BCUT2D eigenvalue weighted by atomic mass is 16.5. The summed E-state index contributed by atoms with van der Waals surface area (Å²) in [6.45, 7) is 7.37. The van der Waals surface area contributed by atoms with Crippen molar-refractivity contribution in [1.29, 1.82) is 0 Å². The molecule has 2 saturated heterocycles.